The summed E-state index contributed by atoms with van der Waals surface area (Å²) in [5.41, 5.74) is 3.54. The quantitative estimate of drug-likeness (QED) is 0.660. The van der Waals surface area contributed by atoms with E-state index in [0.29, 0.717) is 5.92 Å². The van der Waals surface area contributed by atoms with Crippen molar-refractivity contribution < 1.29 is 0 Å². The first-order chi connectivity index (χ1) is 11.3. The summed E-state index contributed by atoms with van der Waals surface area (Å²) in [5.74, 6) is 0.644. The molecule has 0 N–H and O–H groups in total. The van der Waals surface area contributed by atoms with E-state index < -0.39 is 0 Å². The van der Waals surface area contributed by atoms with Gasteiger partial charge < -0.3 is 0 Å². The number of aromatic nitrogens is 2. The fourth-order valence-corrected chi connectivity index (χ4v) is 3.57. The van der Waals surface area contributed by atoms with E-state index in [4.69, 9.17) is 0 Å². The molecule has 2 nitrogen and oxygen atoms in total. The van der Waals surface area contributed by atoms with Gasteiger partial charge >= 0.3 is 0 Å². The lowest BCUT2D eigenvalue weighted by Crippen LogP contribution is -2.25. The van der Waals surface area contributed by atoms with Crippen LogP contribution in [0.15, 0.2) is 55.1 Å². The molecule has 0 radical (unpaired) electrons. The van der Waals surface area contributed by atoms with E-state index >= 15 is 0 Å². The molecule has 0 saturated carbocycles. The molecule has 2 heteroatoms. The molecule has 23 heavy (non-hydrogen) atoms. The van der Waals surface area contributed by atoms with Crippen molar-refractivity contribution in [2.45, 2.75) is 25.2 Å². The highest BCUT2D eigenvalue weighted by Gasteiger charge is 2.13. The van der Waals surface area contributed by atoms with Crippen LogP contribution >= 0.6 is 0 Å². The molecule has 0 saturated heterocycles. The summed E-state index contributed by atoms with van der Waals surface area (Å²) >= 11 is 0. The normalized spacial score (nSPS) is 18.8. The fourth-order valence-electron chi connectivity index (χ4n) is 3.57. The van der Waals surface area contributed by atoms with Crippen molar-refractivity contribution in [2.24, 2.45) is 0 Å². The molecule has 1 atom stereocenters. The minimum atomic E-state index is 0.644. The van der Waals surface area contributed by atoms with E-state index in [2.05, 4.69) is 65.0 Å². The summed E-state index contributed by atoms with van der Waals surface area (Å²) in [5, 5.41) is 3.05. The zero-order valence-corrected chi connectivity index (χ0v) is 13.2. The van der Waals surface area contributed by atoms with Crippen LogP contribution in [0, 0.1) is 0 Å². The minimum absolute atomic E-state index is 0.644. The topological polar surface area (TPSA) is 17.3 Å². The Hall–Kier alpha value is -2.61. The van der Waals surface area contributed by atoms with Gasteiger partial charge in [-0.25, -0.2) is 4.98 Å². The maximum Gasteiger partial charge on any atom is 0.138 e. The number of hydrogen-bond donors (Lipinski definition) is 0. The largest absolute Gasteiger partial charge is 0.292 e. The molecule has 1 aromatic carbocycles. The van der Waals surface area contributed by atoms with E-state index in [1.54, 1.807) is 6.08 Å². The lowest BCUT2D eigenvalue weighted by atomic mass is 9.87. The Labute approximate surface area is 135 Å². The van der Waals surface area contributed by atoms with Crippen LogP contribution in [0.1, 0.15) is 30.7 Å². The molecular weight excluding hydrogens is 280 g/mol. The zero-order chi connectivity index (χ0) is 15.8. The highest BCUT2D eigenvalue weighted by atomic mass is 15.0. The van der Waals surface area contributed by atoms with Crippen LogP contribution in [0.5, 0.6) is 0 Å². The van der Waals surface area contributed by atoms with Crippen molar-refractivity contribution in [2.75, 3.05) is 0 Å². The van der Waals surface area contributed by atoms with Gasteiger partial charge in [-0.1, -0.05) is 37.5 Å². The molecule has 2 aromatic heterocycles. The monoisotopic (exact) mass is 300 g/mol. The highest BCUT2D eigenvalue weighted by molar-refractivity contribution is 5.83. The van der Waals surface area contributed by atoms with Crippen LogP contribution in [0.3, 0.4) is 0 Å². The lowest BCUT2D eigenvalue weighted by Gasteiger charge is -2.18. The van der Waals surface area contributed by atoms with E-state index in [9.17, 15) is 0 Å². The Kier molecular flexibility index (Phi) is 3.38. The number of pyridine rings is 1. The van der Waals surface area contributed by atoms with Crippen LogP contribution in [0.25, 0.3) is 29.2 Å². The molecule has 3 aromatic rings. The Morgan fingerprint density at radius 3 is 2.87 bits per heavy atom. The van der Waals surface area contributed by atoms with Gasteiger partial charge in [-0.15, -0.1) is 0 Å². The summed E-state index contributed by atoms with van der Waals surface area (Å²) in [7, 11) is 0. The smallest absolute Gasteiger partial charge is 0.138 e. The molecule has 1 aliphatic carbocycles. The van der Waals surface area contributed by atoms with E-state index in [0.717, 1.165) is 22.8 Å². The number of rotatable bonds is 2. The summed E-state index contributed by atoms with van der Waals surface area (Å²) in [6, 6.07) is 11.1. The highest BCUT2D eigenvalue weighted by Crippen LogP contribution is 2.30. The standard InChI is InChI=1S/C21H20N2/c1-3-7-19-15(2)22-21-13-11-18-14-17(10-12-20(18)23(19)21)16-8-5-4-6-9-16/h3-5,7,10-14,16H,1-2,6,8-9H2/b19-7+. The van der Waals surface area contributed by atoms with Crippen LogP contribution in [-0.2, 0) is 0 Å². The minimum Gasteiger partial charge on any atom is -0.292 e. The molecule has 0 aliphatic heterocycles. The van der Waals surface area contributed by atoms with Gasteiger partial charge in [0.05, 0.1) is 16.2 Å². The third-order valence-corrected chi connectivity index (χ3v) is 4.74. The number of allylic oxidation sites excluding steroid dienone is 3. The van der Waals surface area contributed by atoms with E-state index in [-0.39, 0.29) is 0 Å². The van der Waals surface area contributed by atoms with Crippen molar-refractivity contribution in [3.05, 3.63) is 71.4 Å². The second-order valence-electron chi connectivity index (χ2n) is 6.17. The summed E-state index contributed by atoms with van der Waals surface area (Å²) in [4.78, 5) is 4.56. The van der Waals surface area contributed by atoms with Gasteiger partial charge in [0.1, 0.15) is 5.65 Å². The van der Waals surface area contributed by atoms with Crippen LogP contribution in [-0.4, -0.2) is 9.38 Å². The fraction of sp³-hybridized carbons (Fsp3) is 0.190. The summed E-state index contributed by atoms with van der Waals surface area (Å²) in [6.07, 6.45) is 11.9. The van der Waals surface area contributed by atoms with Crippen molar-refractivity contribution in [3.8, 4) is 0 Å². The van der Waals surface area contributed by atoms with Gasteiger partial charge in [-0.3, -0.25) is 4.40 Å². The zero-order valence-electron chi connectivity index (χ0n) is 13.2. The molecule has 114 valence electrons. The molecule has 0 fully saturated rings. The van der Waals surface area contributed by atoms with Gasteiger partial charge in [-0.2, -0.15) is 0 Å². The van der Waals surface area contributed by atoms with Gasteiger partial charge in [0.25, 0.3) is 0 Å². The predicted molar refractivity (Wildman–Crippen MR) is 97.9 cm³/mol. The Morgan fingerprint density at radius 2 is 2.09 bits per heavy atom. The first kappa shape index (κ1) is 14.0. The maximum atomic E-state index is 4.56. The lowest BCUT2D eigenvalue weighted by molar-refractivity contribution is 0.618. The summed E-state index contributed by atoms with van der Waals surface area (Å²) in [6.45, 7) is 7.86. The van der Waals surface area contributed by atoms with Gasteiger partial charge in [0.15, 0.2) is 0 Å². The Bertz CT molecular complexity index is 1040. The Balaban J connectivity index is 1.97. The van der Waals surface area contributed by atoms with Crippen LogP contribution < -0.4 is 10.7 Å². The number of benzene rings is 1. The molecule has 4 rings (SSSR count). The van der Waals surface area contributed by atoms with Crippen molar-refractivity contribution in [3.63, 3.8) is 0 Å². The molecular formula is C21H20N2. The molecule has 1 unspecified atom stereocenters. The molecule has 0 bridgehead atoms. The number of nitrogens with zero attached hydrogens (tertiary/aromatic N) is 2. The third-order valence-electron chi connectivity index (χ3n) is 4.74. The van der Waals surface area contributed by atoms with Crippen LogP contribution in [0.2, 0.25) is 0 Å². The second-order valence-corrected chi connectivity index (χ2v) is 6.17. The average Bonchev–Trinajstić information content (AvgIpc) is 2.92. The van der Waals surface area contributed by atoms with Gasteiger partial charge in [0, 0.05) is 0 Å². The first-order valence-electron chi connectivity index (χ1n) is 8.16. The SMILES string of the molecule is C=C/C=c1\c(=C)nc2ccc3cc(C4CC=CCC4)ccc3n12. The van der Waals surface area contributed by atoms with Crippen molar-refractivity contribution >= 4 is 29.2 Å². The van der Waals surface area contributed by atoms with Crippen molar-refractivity contribution in [1.82, 2.24) is 9.38 Å². The molecule has 0 amide bonds. The van der Waals surface area contributed by atoms with Gasteiger partial charge in [0.2, 0.25) is 0 Å². The number of imidazole rings is 1. The van der Waals surface area contributed by atoms with Crippen LogP contribution in [0.4, 0.5) is 0 Å². The third kappa shape index (κ3) is 2.31. The summed E-state index contributed by atoms with van der Waals surface area (Å²) < 4.78 is 2.17. The van der Waals surface area contributed by atoms with E-state index in [1.807, 2.05) is 6.08 Å². The number of hydrogen-bond acceptors (Lipinski definition) is 1. The first-order valence-corrected chi connectivity index (χ1v) is 8.16. The average molecular weight is 300 g/mol. The molecule has 0 spiro atoms. The maximum absolute atomic E-state index is 4.56. The molecule has 1 aliphatic rings. The van der Waals surface area contributed by atoms with Gasteiger partial charge in [-0.05, 0) is 66.5 Å². The van der Waals surface area contributed by atoms with E-state index in [1.165, 1.54) is 29.3 Å². The number of fused-ring (bicyclic) bond motifs is 3. The Morgan fingerprint density at radius 1 is 1.17 bits per heavy atom. The second kappa shape index (κ2) is 5.54. The van der Waals surface area contributed by atoms with Crippen molar-refractivity contribution in [1.29, 1.82) is 0 Å². The molecule has 2 heterocycles. The predicted octanol–water partition coefficient (Wildman–Crippen LogP) is 3.69.